The molecule has 1 aromatic rings. The van der Waals surface area contributed by atoms with E-state index in [0.717, 1.165) is 22.0 Å². The number of ether oxygens (including phenoxy) is 1. The van der Waals surface area contributed by atoms with Gasteiger partial charge in [0.05, 0.1) is 7.11 Å². The molecule has 1 unspecified atom stereocenters. The zero-order valence-electron chi connectivity index (χ0n) is 9.97. The maximum Gasteiger partial charge on any atom is 0.122 e. The Morgan fingerprint density at radius 2 is 2.00 bits per heavy atom. The monoisotopic (exact) mass is 348 g/mol. The molecule has 0 radical (unpaired) electrons. The molecule has 1 aromatic carbocycles. The van der Waals surface area contributed by atoms with Crippen molar-refractivity contribution in [1.82, 2.24) is 0 Å². The van der Waals surface area contributed by atoms with Gasteiger partial charge in [-0.3, -0.25) is 0 Å². The van der Waals surface area contributed by atoms with Gasteiger partial charge >= 0.3 is 0 Å². The Hall–Kier alpha value is -0.0200. The molecule has 0 amide bonds. The minimum absolute atomic E-state index is 0.642. The fourth-order valence-electron chi connectivity index (χ4n) is 1.66. The molecule has 1 rings (SSSR count). The van der Waals surface area contributed by atoms with Gasteiger partial charge in [0, 0.05) is 9.80 Å². The lowest BCUT2D eigenvalue weighted by Gasteiger charge is -2.19. The minimum atomic E-state index is 0.642. The van der Waals surface area contributed by atoms with Crippen LogP contribution in [-0.2, 0) is 6.42 Å². The summed E-state index contributed by atoms with van der Waals surface area (Å²) in [6.07, 6.45) is 1.05. The lowest BCUT2D eigenvalue weighted by atomic mass is 9.91. The Kier molecular flexibility index (Phi) is 5.84. The van der Waals surface area contributed by atoms with Crippen LogP contribution in [0.25, 0.3) is 0 Å². The van der Waals surface area contributed by atoms with Gasteiger partial charge in [-0.25, -0.2) is 0 Å². The molecular formula is C13H18Br2O. The summed E-state index contributed by atoms with van der Waals surface area (Å²) in [6.45, 7) is 4.52. The molecule has 90 valence electrons. The van der Waals surface area contributed by atoms with E-state index in [4.69, 9.17) is 4.74 Å². The molecule has 1 atom stereocenters. The predicted molar refractivity (Wildman–Crippen MR) is 76.5 cm³/mol. The third kappa shape index (κ3) is 3.77. The second kappa shape index (κ2) is 6.65. The van der Waals surface area contributed by atoms with E-state index in [-0.39, 0.29) is 0 Å². The number of halogens is 2. The van der Waals surface area contributed by atoms with E-state index >= 15 is 0 Å². The maximum atomic E-state index is 5.39. The van der Waals surface area contributed by atoms with Crippen LogP contribution in [0.15, 0.2) is 22.7 Å². The molecule has 0 fully saturated rings. The van der Waals surface area contributed by atoms with Crippen LogP contribution in [0.1, 0.15) is 19.4 Å². The number of alkyl halides is 1. The van der Waals surface area contributed by atoms with Crippen LogP contribution in [0, 0.1) is 11.8 Å². The minimum Gasteiger partial charge on any atom is -0.496 e. The number of benzene rings is 1. The summed E-state index contributed by atoms with van der Waals surface area (Å²) >= 11 is 7.09. The molecule has 0 aliphatic rings. The molecule has 0 N–H and O–H groups in total. The first kappa shape index (κ1) is 14.0. The Labute approximate surface area is 115 Å². The molecule has 0 saturated carbocycles. The zero-order chi connectivity index (χ0) is 12.1. The highest BCUT2D eigenvalue weighted by Crippen LogP contribution is 2.28. The van der Waals surface area contributed by atoms with E-state index in [1.54, 1.807) is 7.11 Å². The molecule has 0 aliphatic carbocycles. The average Bonchev–Trinajstić information content (AvgIpc) is 2.25. The van der Waals surface area contributed by atoms with Crippen LogP contribution in [-0.4, -0.2) is 12.4 Å². The molecule has 1 nitrogen and oxygen atoms in total. The van der Waals surface area contributed by atoms with Gasteiger partial charge < -0.3 is 4.74 Å². The average molecular weight is 350 g/mol. The van der Waals surface area contributed by atoms with Crippen molar-refractivity contribution in [2.24, 2.45) is 11.8 Å². The Morgan fingerprint density at radius 1 is 1.31 bits per heavy atom. The predicted octanol–water partition coefficient (Wildman–Crippen LogP) is 4.67. The third-order valence-corrected chi connectivity index (χ3v) is 4.19. The molecule has 0 aromatic heterocycles. The van der Waals surface area contributed by atoms with Crippen molar-refractivity contribution < 1.29 is 4.74 Å². The van der Waals surface area contributed by atoms with Gasteiger partial charge in [-0.15, -0.1) is 0 Å². The fourth-order valence-corrected chi connectivity index (χ4v) is 3.04. The summed E-state index contributed by atoms with van der Waals surface area (Å²) in [5.41, 5.74) is 1.27. The van der Waals surface area contributed by atoms with E-state index in [0.29, 0.717) is 11.8 Å². The van der Waals surface area contributed by atoms with Crippen molar-refractivity contribution in [1.29, 1.82) is 0 Å². The first-order valence-electron chi connectivity index (χ1n) is 5.46. The van der Waals surface area contributed by atoms with Crippen molar-refractivity contribution in [3.05, 3.63) is 28.2 Å². The standard InChI is InChI=1S/C13H18Br2O/c1-9(2)11(8-14)6-10-7-12(15)4-5-13(10)16-3/h4-5,7,9,11H,6,8H2,1-3H3. The van der Waals surface area contributed by atoms with Gasteiger partial charge in [-0.1, -0.05) is 45.7 Å². The van der Waals surface area contributed by atoms with E-state index in [1.807, 2.05) is 12.1 Å². The highest BCUT2D eigenvalue weighted by Gasteiger charge is 2.15. The van der Waals surface area contributed by atoms with Gasteiger partial charge in [0.1, 0.15) is 5.75 Å². The molecule has 0 saturated heterocycles. The molecule has 0 aliphatic heterocycles. The van der Waals surface area contributed by atoms with Gasteiger partial charge in [0.15, 0.2) is 0 Å². The van der Waals surface area contributed by atoms with Crippen molar-refractivity contribution in [3.8, 4) is 5.75 Å². The molecule has 16 heavy (non-hydrogen) atoms. The first-order valence-corrected chi connectivity index (χ1v) is 7.38. The second-order valence-corrected chi connectivity index (χ2v) is 5.88. The zero-order valence-corrected chi connectivity index (χ0v) is 13.1. The van der Waals surface area contributed by atoms with Crippen LogP contribution in [0.2, 0.25) is 0 Å². The Bertz CT molecular complexity index is 337. The van der Waals surface area contributed by atoms with Crippen molar-refractivity contribution >= 4 is 31.9 Å². The van der Waals surface area contributed by atoms with Crippen molar-refractivity contribution in [3.63, 3.8) is 0 Å². The Morgan fingerprint density at radius 3 is 2.50 bits per heavy atom. The van der Waals surface area contributed by atoms with Gasteiger partial charge in [-0.2, -0.15) is 0 Å². The lowest BCUT2D eigenvalue weighted by molar-refractivity contribution is 0.390. The van der Waals surface area contributed by atoms with Crippen LogP contribution < -0.4 is 4.74 Å². The Balaban J connectivity index is 2.89. The van der Waals surface area contributed by atoms with E-state index in [2.05, 4.69) is 51.8 Å². The number of rotatable bonds is 5. The number of methoxy groups -OCH3 is 1. The van der Waals surface area contributed by atoms with Crippen LogP contribution in [0.4, 0.5) is 0 Å². The van der Waals surface area contributed by atoms with E-state index in [9.17, 15) is 0 Å². The highest BCUT2D eigenvalue weighted by atomic mass is 79.9. The highest BCUT2D eigenvalue weighted by molar-refractivity contribution is 9.10. The fraction of sp³-hybridized carbons (Fsp3) is 0.538. The first-order chi connectivity index (χ1) is 7.58. The lowest BCUT2D eigenvalue weighted by Crippen LogP contribution is -2.14. The second-order valence-electron chi connectivity index (χ2n) is 4.32. The molecule has 0 bridgehead atoms. The maximum absolute atomic E-state index is 5.39. The summed E-state index contributed by atoms with van der Waals surface area (Å²) in [7, 11) is 1.73. The summed E-state index contributed by atoms with van der Waals surface area (Å²) in [5.74, 6) is 2.29. The van der Waals surface area contributed by atoms with Crippen molar-refractivity contribution in [2.45, 2.75) is 20.3 Å². The largest absolute Gasteiger partial charge is 0.496 e. The van der Waals surface area contributed by atoms with Gasteiger partial charge in [0.2, 0.25) is 0 Å². The molecule has 0 spiro atoms. The third-order valence-electron chi connectivity index (χ3n) is 2.87. The number of hydrogen-bond donors (Lipinski definition) is 0. The molecule has 0 heterocycles. The SMILES string of the molecule is COc1ccc(Br)cc1CC(CBr)C(C)C. The van der Waals surface area contributed by atoms with Gasteiger partial charge in [-0.05, 0) is 42.0 Å². The quantitative estimate of drug-likeness (QED) is 0.702. The summed E-state index contributed by atoms with van der Waals surface area (Å²) in [6, 6.07) is 6.18. The summed E-state index contributed by atoms with van der Waals surface area (Å²) in [4.78, 5) is 0. The number of hydrogen-bond acceptors (Lipinski definition) is 1. The van der Waals surface area contributed by atoms with E-state index < -0.39 is 0 Å². The van der Waals surface area contributed by atoms with E-state index in [1.165, 1.54) is 5.56 Å². The summed E-state index contributed by atoms with van der Waals surface area (Å²) in [5, 5.41) is 1.03. The van der Waals surface area contributed by atoms with Crippen LogP contribution in [0.3, 0.4) is 0 Å². The van der Waals surface area contributed by atoms with Crippen molar-refractivity contribution in [2.75, 3.05) is 12.4 Å². The normalized spacial score (nSPS) is 12.9. The van der Waals surface area contributed by atoms with Gasteiger partial charge in [0.25, 0.3) is 0 Å². The summed E-state index contributed by atoms with van der Waals surface area (Å²) < 4.78 is 6.50. The van der Waals surface area contributed by atoms with Crippen LogP contribution in [0.5, 0.6) is 5.75 Å². The molecular weight excluding hydrogens is 332 g/mol. The topological polar surface area (TPSA) is 9.23 Å². The van der Waals surface area contributed by atoms with Crippen LogP contribution >= 0.6 is 31.9 Å². The smallest absolute Gasteiger partial charge is 0.122 e. The molecule has 3 heteroatoms.